The summed E-state index contributed by atoms with van der Waals surface area (Å²) < 4.78 is -0.0547. The van der Waals surface area contributed by atoms with E-state index < -0.39 is 0 Å². The Labute approximate surface area is 162 Å². The zero-order valence-electron chi connectivity index (χ0n) is 14.8. The van der Waals surface area contributed by atoms with Crippen LogP contribution < -0.4 is 5.32 Å². The highest BCUT2D eigenvalue weighted by Gasteiger charge is 2.47. The van der Waals surface area contributed by atoms with Crippen LogP contribution >= 0.6 is 23.5 Å². The summed E-state index contributed by atoms with van der Waals surface area (Å²) in [7, 11) is 0. The molecule has 2 fully saturated rings. The van der Waals surface area contributed by atoms with E-state index in [4.69, 9.17) is 0 Å². The van der Waals surface area contributed by atoms with E-state index >= 15 is 0 Å². The smallest absolute Gasteiger partial charge is 0.242 e. The highest BCUT2D eigenvalue weighted by atomic mass is 32.2. The van der Waals surface area contributed by atoms with Crippen molar-refractivity contribution in [2.75, 3.05) is 24.6 Å². The van der Waals surface area contributed by atoms with Gasteiger partial charge in [-0.25, -0.2) is 0 Å². The molecule has 26 heavy (non-hydrogen) atoms. The number of nitrogens with one attached hydrogen (secondary N) is 1. The number of amides is 2. The van der Waals surface area contributed by atoms with E-state index in [0.717, 1.165) is 23.4 Å². The summed E-state index contributed by atoms with van der Waals surface area (Å²) in [4.78, 5) is 38.1. The highest BCUT2D eigenvalue weighted by molar-refractivity contribution is 8.18. The van der Waals surface area contributed by atoms with E-state index in [9.17, 15) is 14.4 Å². The lowest BCUT2D eigenvalue weighted by atomic mass is 10.0. The fourth-order valence-corrected chi connectivity index (χ4v) is 6.78. The van der Waals surface area contributed by atoms with E-state index in [1.165, 1.54) is 6.42 Å². The molecule has 0 aliphatic carbocycles. The molecule has 7 heteroatoms. The zero-order chi connectivity index (χ0) is 18.6. The lowest BCUT2D eigenvalue weighted by molar-refractivity contribution is -0.135. The average molecular weight is 393 g/mol. The number of rotatable bonds is 5. The molecule has 2 heterocycles. The van der Waals surface area contributed by atoms with Gasteiger partial charge in [-0.3, -0.25) is 9.59 Å². The van der Waals surface area contributed by atoms with Crippen molar-refractivity contribution < 1.29 is 14.4 Å². The first-order valence-corrected chi connectivity index (χ1v) is 10.9. The largest absolute Gasteiger partial charge is 0.347 e. The maximum Gasteiger partial charge on any atom is 0.242 e. The van der Waals surface area contributed by atoms with Crippen LogP contribution in [0.3, 0.4) is 0 Å². The van der Waals surface area contributed by atoms with Gasteiger partial charge in [-0.1, -0.05) is 30.3 Å². The lowest BCUT2D eigenvalue weighted by Gasteiger charge is -2.31. The van der Waals surface area contributed by atoms with Crippen molar-refractivity contribution in [1.29, 1.82) is 0 Å². The summed E-state index contributed by atoms with van der Waals surface area (Å²) in [5, 5.41) is 2.73. The third kappa shape index (κ3) is 4.26. The van der Waals surface area contributed by atoms with Gasteiger partial charge in [0.15, 0.2) is 0 Å². The third-order valence-electron chi connectivity index (χ3n) is 4.93. The Bertz CT molecular complexity index is 662. The minimum absolute atomic E-state index is 0.0547. The first kappa shape index (κ1) is 19.3. The van der Waals surface area contributed by atoms with Crippen LogP contribution in [-0.4, -0.2) is 57.7 Å². The molecule has 1 N–H and O–H groups in total. The molecule has 0 unspecified atom stereocenters. The van der Waals surface area contributed by atoms with Crippen molar-refractivity contribution in [3.05, 3.63) is 35.9 Å². The molecule has 2 aliphatic rings. The van der Waals surface area contributed by atoms with Crippen LogP contribution in [0.2, 0.25) is 0 Å². The molecule has 3 rings (SSSR count). The minimum Gasteiger partial charge on any atom is -0.347 e. The third-order valence-corrected chi connectivity index (χ3v) is 8.27. The van der Waals surface area contributed by atoms with Gasteiger partial charge in [0.25, 0.3) is 0 Å². The Morgan fingerprint density at radius 3 is 2.65 bits per heavy atom. The Hall–Kier alpha value is -1.47. The Balaban J connectivity index is 1.57. The summed E-state index contributed by atoms with van der Waals surface area (Å²) in [6, 6.07) is 9.10. The van der Waals surface area contributed by atoms with Gasteiger partial charge in [0, 0.05) is 13.0 Å². The van der Waals surface area contributed by atoms with E-state index in [0.29, 0.717) is 13.0 Å². The number of carbonyl (C=O) groups excluding carboxylic acids is 3. The van der Waals surface area contributed by atoms with Crippen LogP contribution in [0.25, 0.3) is 0 Å². The van der Waals surface area contributed by atoms with Crippen LogP contribution in [0.4, 0.5) is 0 Å². The Morgan fingerprint density at radius 2 is 2.00 bits per heavy atom. The molecule has 2 aliphatic heterocycles. The molecule has 1 aromatic rings. The molecule has 5 nitrogen and oxygen atoms in total. The fourth-order valence-electron chi connectivity index (χ4n) is 3.40. The van der Waals surface area contributed by atoms with Gasteiger partial charge >= 0.3 is 0 Å². The van der Waals surface area contributed by atoms with Crippen molar-refractivity contribution in [3.63, 3.8) is 0 Å². The van der Waals surface area contributed by atoms with Gasteiger partial charge < -0.3 is 15.0 Å². The summed E-state index contributed by atoms with van der Waals surface area (Å²) >= 11 is 3.73. The molecule has 2 atom stereocenters. The van der Waals surface area contributed by atoms with Crippen molar-refractivity contribution in [2.45, 2.75) is 35.8 Å². The maximum atomic E-state index is 12.6. The SMILES string of the molecule is C[C@H](C(=O)NCC(=O)N1CC2(C[C@H]1C=O)SCCCS2)c1ccccc1. The Kier molecular flexibility index (Phi) is 6.29. The average Bonchev–Trinajstić information content (AvgIpc) is 3.04. The molecule has 0 radical (unpaired) electrons. The van der Waals surface area contributed by atoms with E-state index in [1.54, 1.807) is 4.90 Å². The lowest BCUT2D eigenvalue weighted by Crippen LogP contribution is -2.44. The molecule has 1 aromatic carbocycles. The van der Waals surface area contributed by atoms with Gasteiger partial charge in [0.2, 0.25) is 11.8 Å². The predicted molar refractivity (Wildman–Crippen MR) is 106 cm³/mol. The number of hydrogen-bond acceptors (Lipinski definition) is 5. The summed E-state index contributed by atoms with van der Waals surface area (Å²) in [5.41, 5.74) is 0.915. The van der Waals surface area contributed by atoms with Crippen molar-refractivity contribution >= 4 is 41.6 Å². The molecule has 140 valence electrons. The number of thioether (sulfide) groups is 2. The highest BCUT2D eigenvalue weighted by Crippen LogP contribution is 2.49. The molecule has 2 saturated heterocycles. The number of nitrogens with zero attached hydrogens (tertiary/aromatic N) is 1. The van der Waals surface area contributed by atoms with Crippen LogP contribution in [0.1, 0.15) is 31.2 Å². The second kappa shape index (κ2) is 8.48. The predicted octanol–water partition coefficient (Wildman–Crippen LogP) is 2.27. The van der Waals surface area contributed by atoms with Crippen LogP contribution in [0.15, 0.2) is 30.3 Å². The molecule has 0 bridgehead atoms. The fraction of sp³-hybridized carbons (Fsp3) is 0.526. The monoisotopic (exact) mass is 392 g/mol. The van der Waals surface area contributed by atoms with Crippen molar-refractivity contribution in [2.24, 2.45) is 0 Å². The number of carbonyl (C=O) groups is 3. The molecule has 0 saturated carbocycles. The maximum absolute atomic E-state index is 12.6. The molecular weight excluding hydrogens is 368 g/mol. The topological polar surface area (TPSA) is 66.5 Å². The molecule has 1 spiro atoms. The first-order valence-electron chi connectivity index (χ1n) is 8.90. The number of likely N-dealkylation sites (tertiary alicyclic amines) is 1. The minimum atomic E-state index is -0.385. The van der Waals surface area contributed by atoms with Crippen LogP contribution in [0.5, 0.6) is 0 Å². The first-order chi connectivity index (χ1) is 12.5. The second-order valence-corrected chi connectivity index (χ2v) is 9.96. The number of benzene rings is 1. The summed E-state index contributed by atoms with van der Waals surface area (Å²) in [6.45, 7) is 2.34. The van der Waals surface area contributed by atoms with Gasteiger partial charge in [-0.05, 0) is 30.4 Å². The van der Waals surface area contributed by atoms with Crippen molar-refractivity contribution in [3.8, 4) is 0 Å². The number of aldehydes is 1. The zero-order valence-corrected chi connectivity index (χ0v) is 16.5. The van der Waals surface area contributed by atoms with Crippen LogP contribution in [0, 0.1) is 0 Å². The van der Waals surface area contributed by atoms with Crippen molar-refractivity contribution in [1.82, 2.24) is 10.2 Å². The quantitative estimate of drug-likeness (QED) is 0.779. The Morgan fingerprint density at radius 1 is 1.31 bits per heavy atom. The molecule has 0 aromatic heterocycles. The van der Waals surface area contributed by atoms with E-state index in [1.807, 2.05) is 60.8 Å². The second-order valence-electron chi connectivity index (χ2n) is 6.74. The van der Waals surface area contributed by atoms with Gasteiger partial charge in [-0.15, -0.1) is 23.5 Å². The number of hydrogen-bond donors (Lipinski definition) is 1. The summed E-state index contributed by atoms with van der Waals surface area (Å²) in [6.07, 6.45) is 2.74. The van der Waals surface area contributed by atoms with Crippen LogP contribution in [-0.2, 0) is 14.4 Å². The normalized spacial score (nSPS) is 22.8. The molecular formula is C19H24N2O3S2. The van der Waals surface area contributed by atoms with E-state index in [-0.39, 0.29) is 34.4 Å². The van der Waals surface area contributed by atoms with E-state index in [2.05, 4.69) is 5.32 Å². The standard InChI is InChI=1S/C19H24N2O3S2/c1-14(15-6-3-2-4-7-15)18(24)20-11-17(23)21-13-19(10-16(21)12-22)25-8-5-9-26-19/h2-4,6-7,12,14,16H,5,8-11,13H2,1H3,(H,20,24)/t14-,16-/m0/s1. The summed E-state index contributed by atoms with van der Waals surface area (Å²) in [5.74, 6) is 1.47. The van der Waals surface area contributed by atoms with Gasteiger partial charge in [0.1, 0.15) is 6.29 Å². The van der Waals surface area contributed by atoms with Gasteiger partial charge in [0.05, 0.1) is 22.6 Å². The molecule has 2 amide bonds. The van der Waals surface area contributed by atoms with Gasteiger partial charge in [-0.2, -0.15) is 0 Å².